The van der Waals surface area contributed by atoms with Gasteiger partial charge in [-0.3, -0.25) is 9.10 Å². The van der Waals surface area contributed by atoms with Crippen LogP contribution in [-0.4, -0.2) is 55.3 Å². The van der Waals surface area contributed by atoms with Gasteiger partial charge in [0.25, 0.3) is 0 Å². The van der Waals surface area contributed by atoms with Gasteiger partial charge in [-0.25, -0.2) is 21.6 Å². The second kappa shape index (κ2) is 11.5. The Balaban J connectivity index is 2.28. The number of nitrogens with one attached hydrogen (secondary N) is 2. The Morgan fingerprint density at radius 1 is 1.06 bits per heavy atom. The van der Waals surface area contributed by atoms with Crippen molar-refractivity contribution in [2.45, 2.75) is 38.1 Å². The van der Waals surface area contributed by atoms with Gasteiger partial charge in [0, 0.05) is 6.04 Å². The largest absolute Gasteiger partial charge is 0.495 e. The van der Waals surface area contributed by atoms with Crippen molar-refractivity contribution in [2.24, 2.45) is 0 Å². The van der Waals surface area contributed by atoms with Gasteiger partial charge in [-0.15, -0.1) is 0 Å². The molecule has 2 aromatic carbocycles. The summed E-state index contributed by atoms with van der Waals surface area (Å²) in [6, 6.07) is 10.0. The second-order valence-corrected chi connectivity index (χ2v) is 11.4. The van der Waals surface area contributed by atoms with Crippen LogP contribution < -0.4 is 23.8 Å². The summed E-state index contributed by atoms with van der Waals surface area (Å²) in [5.41, 5.74) is 0.377. The van der Waals surface area contributed by atoms with Crippen molar-refractivity contribution in [1.29, 1.82) is 0 Å². The van der Waals surface area contributed by atoms with Crippen LogP contribution in [0.5, 0.6) is 11.5 Å². The Bertz CT molecular complexity index is 1200. The topological polar surface area (TPSA) is 131 Å². The first kappa shape index (κ1) is 27.4. The van der Waals surface area contributed by atoms with Crippen molar-refractivity contribution in [1.82, 2.24) is 4.72 Å². The van der Waals surface area contributed by atoms with Gasteiger partial charge < -0.3 is 14.8 Å². The summed E-state index contributed by atoms with van der Waals surface area (Å²) in [5, 5.41) is 2.55. The fourth-order valence-electron chi connectivity index (χ4n) is 2.98. The summed E-state index contributed by atoms with van der Waals surface area (Å²) >= 11 is 0. The minimum atomic E-state index is -3.82. The lowest BCUT2D eigenvalue weighted by atomic mass is 10.2. The van der Waals surface area contributed by atoms with Gasteiger partial charge in [0.1, 0.15) is 18.0 Å². The molecule has 2 N–H and O–H groups in total. The van der Waals surface area contributed by atoms with Gasteiger partial charge in [-0.05, 0) is 62.7 Å². The van der Waals surface area contributed by atoms with Crippen LogP contribution in [0.15, 0.2) is 47.4 Å². The van der Waals surface area contributed by atoms with Crippen LogP contribution >= 0.6 is 0 Å². The highest BCUT2D eigenvalue weighted by molar-refractivity contribution is 7.92. The van der Waals surface area contributed by atoms with E-state index in [4.69, 9.17) is 9.47 Å². The number of ether oxygens (including phenoxy) is 2. The number of nitrogens with zero attached hydrogens (tertiary/aromatic N) is 1. The Hall–Kier alpha value is -2.83. The molecule has 34 heavy (non-hydrogen) atoms. The van der Waals surface area contributed by atoms with Crippen LogP contribution in [0.4, 0.5) is 11.4 Å². The second-order valence-electron chi connectivity index (χ2n) is 7.80. The summed E-state index contributed by atoms with van der Waals surface area (Å²) in [7, 11) is -6.25. The van der Waals surface area contributed by atoms with Crippen molar-refractivity contribution >= 4 is 37.3 Å². The van der Waals surface area contributed by atoms with Crippen LogP contribution in [0.1, 0.15) is 27.2 Å². The Morgan fingerprint density at radius 3 is 2.24 bits per heavy atom. The molecule has 0 spiro atoms. The SMILES string of the molecule is CCCOc1ccc(N(CC(=O)Nc2cc(S(=O)(=O)NC(C)C)ccc2OC)S(C)(=O)=O)cc1. The molecule has 0 unspecified atom stereocenters. The van der Waals surface area contributed by atoms with E-state index in [0.29, 0.717) is 12.4 Å². The van der Waals surface area contributed by atoms with Crippen LogP contribution in [0.2, 0.25) is 0 Å². The van der Waals surface area contributed by atoms with E-state index < -0.39 is 32.5 Å². The highest BCUT2D eigenvalue weighted by Gasteiger charge is 2.23. The zero-order valence-corrected chi connectivity index (χ0v) is 21.5. The number of hydrogen-bond donors (Lipinski definition) is 2. The lowest BCUT2D eigenvalue weighted by Crippen LogP contribution is -2.37. The molecule has 0 atom stereocenters. The van der Waals surface area contributed by atoms with E-state index in [2.05, 4.69) is 10.0 Å². The molecule has 0 fully saturated rings. The molecule has 0 aliphatic heterocycles. The number of hydrogen-bond acceptors (Lipinski definition) is 7. The first-order valence-corrected chi connectivity index (χ1v) is 13.9. The Kier molecular flexibility index (Phi) is 9.30. The smallest absolute Gasteiger partial charge is 0.245 e. The van der Waals surface area contributed by atoms with Crippen molar-refractivity contribution in [3.05, 3.63) is 42.5 Å². The van der Waals surface area contributed by atoms with Crippen molar-refractivity contribution in [2.75, 3.05) is 36.1 Å². The maximum absolute atomic E-state index is 12.8. The molecule has 0 bridgehead atoms. The monoisotopic (exact) mass is 513 g/mol. The number of benzene rings is 2. The van der Waals surface area contributed by atoms with E-state index in [1.54, 1.807) is 38.1 Å². The van der Waals surface area contributed by atoms with Crippen molar-refractivity contribution < 1.29 is 31.1 Å². The van der Waals surface area contributed by atoms with Crippen LogP contribution in [0.3, 0.4) is 0 Å². The molecule has 0 radical (unpaired) electrons. The van der Waals surface area contributed by atoms with Gasteiger partial charge >= 0.3 is 0 Å². The quantitative estimate of drug-likeness (QED) is 0.446. The molecule has 188 valence electrons. The average molecular weight is 514 g/mol. The zero-order chi connectivity index (χ0) is 25.5. The van der Waals surface area contributed by atoms with Crippen molar-refractivity contribution in [3.8, 4) is 11.5 Å². The van der Waals surface area contributed by atoms with E-state index in [9.17, 15) is 21.6 Å². The zero-order valence-electron chi connectivity index (χ0n) is 19.9. The maximum Gasteiger partial charge on any atom is 0.245 e. The van der Waals surface area contributed by atoms with Crippen molar-refractivity contribution in [3.63, 3.8) is 0 Å². The molecule has 1 amide bonds. The molecule has 0 aliphatic rings. The molecular weight excluding hydrogens is 482 g/mol. The number of sulfonamides is 2. The van der Waals surface area contributed by atoms with Crippen LogP contribution in [0.25, 0.3) is 0 Å². The number of carbonyl (C=O) groups excluding carboxylic acids is 1. The number of amides is 1. The molecule has 10 nitrogen and oxygen atoms in total. The highest BCUT2D eigenvalue weighted by Crippen LogP contribution is 2.28. The van der Waals surface area contributed by atoms with E-state index in [1.165, 1.54) is 25.3 Å². The molecule has 2 rings (SSSR count). The predicted octanol–water partition coefficient (Wildman–Crippen LogP) is 2.58. The fourth-order valence-corrected chi connectivity index (χ4v) is 5.11. The Morgan fingerprint density at radius 2 is 1.71 bits per heavy atom. The molecule has 0 saturated carbocycles. The van der Waals surface area contributed by atoms with Gasteiger partial charge in [-0.1, -0.05) is 6.92 Å². The molecule has 0 aliphatic carbocycles. The summed E-state index contributed by atoms with van der Waals surface area (Å²) in [5.74, 6) is 0.128. The van der Waals surface area contributed by atoms with Gasteiger partial charge in [0.05, 0.1) is 36.2 Å². The first-order valence-electron chi connectivity index (χ1n) is 10.6. The van der Waals surface area contributed by atoms with E-state index in [1.807, 2.05) is 6.92 Å². The molecule has 0 heterocycles. The minimum Gasteiger partial charge on any atom is -0.495 e. The molecule has 12 heteroatoms. The normalized spacial score (nSPS) is 11.8. The van der Waals surface area contributed by atoms with E-state index in [-0.39, 0.29) is 28.1 Å². The van der Waals surface area contributed by atoms with E-state index in [0.717, 1.165) is 17.0 Å². The number of carbonyl (C=O) groups is 1. The third-order valence-electron chi connectivity index (χ3n) is 4.43. The highest BCUT2D eigenvalue weighted by atomic mass is 32.2. The predicted molar refractivity (Wildman–Crippen MR) is 131 cm³/mol. The van der Waals surface area contributed by atoms with Crippen LogP contribution in [0, 0.1) is 0 Å². The summed E-state index contributed by atoms with van der Waals surface area (Å²) in [6.07, 6.45) is 1.82. The third kappa shape index (κ3) is 7.61. The van der Waals surface area contributed by atoms with Gasteiger partial charge in [-0.2, -0.15) is 0 Å². The minimum absolute atomic E-state index is 0.0695. The number of rotatable bonds is 12. The first-order chi connectivity index (χ1) is 15.9. The standard InChI is InChI=1S/C22H31N3O7S2/c1-6-13-32-18-9-7-17(8-10-18)25(33(5,27)28)15-22(26)23-20-14-19(11-12-21(20)31-4)34(29,30)24-16(2)3/h7-12,14,16,24H,6,13,15H2,1-5H3,(H,23,26). The summed E-state index contributed by atoms with van der Waals surface area (Å²) in [6.45, 7) is 5.34. The average Bonchev–Trinajstić information content (AvgIpc) is 2.75. The molecule has 0 saturated heterocycles. The number of methoxy groups -OCH3 is 1. The lowest BCUT2D eigenvalue weighted by Gasteiger charge is -2.22. The molecule has 2 aromatic rings. The van der Waals surface area contributed by atoms with Gasteiger partial charge in [0.2, 0.25) is 26.0 Å². The lowest BCUT2D eigenvalue weighted by molar-refractivity contribution is -0.114. The molecular formula is C22H31N3O7S2. The fraction of sp³-hybridized carbons (Fsp3) is 0.409. The van der Waals surface area contributed by atoms with Crippen LogP contribution in [-0.2, 0) is 24.8 Å². The third-order valence-corrected chi connectivity index (χ3v) is 7.23. The summed E-state index contributed by atoms with van der Waals surface area (Å²) in [4.78, 5) is 12.7. The number of anilines is 2. The van der Waals surface area contributed by atoms with E-state index >= 15 is 0 Å². The Labute approximate surface area is 201 Å². The molecule has 0 aromatic heterocycles. The maximum atomic E-state index is 12.8. The summed E-state index contributed by atoms with van der Waals surface area (Å²) < 4.78 is 63.9. The van der Waals surface area contributed by atoms with Gasteiger partial charge in [0.15, 0.2) is 0 Å².